The summed E-state index contributed by atoms with van der Waals surface area (Å²) in [6.07, 6.45) is 1.36. The number of aliphatic hydroxyl groups is 1. The SMILES string of the molecule is O=C(NCc1ccc(C#CCO)cc1)c1cn[nH]n1. The summed E-state index contributed by atoms with van der Waals surface area (Å²) in [5.41, 5.74) is 2.03. The number of benzene rings is 1. The minimum Gasteiger partial charge on any atom is -0.384 e. The summed E-state index contributed by atoms with van der Waals surface area (Å²) in [6.45, 7) is 0.245. The number of nitrogens with one attached hydrogen (secondary N) is 2. The van der Waals surface area contributed by atoms with Crippen LogP contribution < -0.4 is 5.32 Å². The molecule has 19 heavy (non-hydrogen) atoms. The van der Waals surface area contributed by atoms with Gasteiger partial charge in [0.1, 0.15) is 6.61 Å². The summed E-state index contributed by atoms with van der Waals surface area (Å²) >= 11 is 0. The highest BCUT2D eigenvalue weighted by Gasteiger charge is 2.07. The molecule has 1 amide bonds. The number of aromatic nitrogens is 3. The van der Waals surface area contributed by atoms with Crippen molar-refractivity contribution in [1.82, 2.24) is 20.7 Å². The number of carbonyl (C=O) groups is 1. The van der Waals surface area contributed by atoms with Gasteiger partial charge in [0.2, 0.25) is 0 Å². The van der Waals surface area contributed by atoms with Crippen molar-refractivity contribution in [2.45, 2.75) is 6.54 Å². The second kappa shape index (κ2) is 6.33. The predicted octanol–water partition coefficient (Wildman–Crippen LogP) is 0.0785. The highest BCUT2D eigenvalue weighted by Crippen LogP contribution is 2.03. The van der Waals surface area contributed by atoms with Crippen LogP contribution in [0.3, 0.4) is 0 Å². The predicted molar refractivity (Wildman–Crippen MR) is 68.0 cm³/mol. The molecule has 6 heteroatoms. The Hall–Kier alpha value is -2.65. The molecule has 96 valence electrons. The molecule has 0 radical (unpaired) electrons. The fourth-order valence-corrected chi connectivity index (χ4v) is 1.43. The second-order valence-electron chi connectivity index (χ2n) is 3.69. The van der Waals surface area contributed by atoms with Crippen molar-refractivity contribution in [2.75, 3.05) is 6.61 Å². The lowest BCUT2D eigenvalue weighted by Gasteiger charge is -2.03. The molecule has 0 bridgehead atoms. The van der Waals surface area contributed by atoms with Crippen LogP contribution in [0, 0.1) is 11.8 Å². The van der Waals surface area contributed by atoms with Gasteiger partial charge in [-0.3, -0.25) is 4.79 Å². The van der Waals surface area contributed by atoms with Crippen LogP contribution in [-0.2, 0) is 6.54 Å². The second-order valence-corrected chi connectivity index (χ2v) is 3.69. The maximum absolute atomic E-state index is 11.6. The van der Waals surface area contributed by atoms with E-state index in [0.717, 1.165) is 11.1 Å². The Morgan fingerprint density at radius 2 is 2.16 bits per heavy atom. The smallest absolute Gasteiger partial charge is 0.273 e. The summed E-state index contributed by atoms with van der Waals surface area (Å²) in [4.78, 5) is 11.6. The number of aliphatic hydroxyl groups excluding tert-OH is 1. The maximum Gasteiger partial charge on any atom is 0.273 e. The van der Waals surface area contributed by atoms with Gasteiger partial charge in [-0.05, 0) is 17.7 Å². The van der Waals surface area contributed by atoms with E-state index in [1.165, 1.54) is 6.20 Å². The van der Waals surface area contributed by atoms with E-state index in [-0.39, 0.29) is 18.2 Å². The third kappa shape index (κ3) is 3.66. The Morgan fingerprint density at radius 1 is 1.37 bits per heavy atom. The lowest BCUT2D eigenvalue weighted by molar-refractivity contribution is 0.0946. The summed E-state index contributed by atoms with van der Waals surface area (Å²) in [6, 6.07) is 7.40. The summed E-state index contributed by atoms with van der Waals surface area (Å²) in [5, 5.41) is 20.9. The first-order valence-electron chi connectivity index (χ1n) is 5.62. The molecule has 1 heterocycles. The fraction of sp³-hybridized carbons (Fsp3) is 0.154. The molecule has 0 fully saturated rings. The lowest BCUT2D eigenvalue weighted by Crippen LogP contribution is -2.23. The Labute approximate surface area is 109 Å². The molecule has 0 atom stereocenters. The molecule has 3 N–H and O–H groups in total. The number of hydrogen-bond donors (Lipinski definition) is 3. The van der Waals surface area contributed by atoms with Crippen LogP contribution >= 0.6 is 0 Å². The van der Waals surface area contributed by atoms with E-state index in [0.29, 0.717) is 6.54 Å². The largest absolute Gasteiger partial charge is 0.384 e. The van der Waals surface area contributed by atoms with Crippen LogP contribution in [0.2, 0.25) is 0 Å². The summed E-state index contributed by atoms with van der Waals surface area (Å²) in [7, 11) is 0. The van der Waals surface area contributed by atoms with Gasteiger partial charge in [-0.15, -0.1) is 0 Å². The first-order chi connectivity index (χ1) is 9.29. The van der Waals surface area contributed by atoms with Crippen molar-refractivity contribution in [3.63, 3.8) is 0 Å². The molecule has 6 nitrogen and oxygen atoms in total. The molecular formula is C13H12N4O2. The maximum atomic E-state index is 11.6. The molecule has 1 aromatic carbocycles. The van der Waals surface area contributed by atoms with Gasteiger partial charge in [-0.2, -0.15) is 15.4 Å². The van der Waals surface area contributed by atoms with Crippen molar-refractivity contribution >= 4 is 5.91 Å². The average molecular weight is 256 g/mol. The van der Waals surface area contributed by atoms with Crippen LogP contribution in [0.5, 0.6) is 0 Å². The quantitative estimate of drug-likeness (QED) is 0.678. The number of H-pyrrole nitrogens is 1. The van der Waals surface area contributed by atoms with Gasteiger partial charge in [0.25, 0.3) is 5.91 Å². The van der Waals surface area contributed by atoms with Gasteiger partial charge >= 0.3 is 0 Å². The topological polar surface area (TPSA) is 90.9 Å². The minimum absolute atomic E-state index is 0.157. The molecule has 0 aliphatic carbocycles. The van der Waals surface area contributed by atoms with Crippen LogP contribution in [0.15, 0.2) is 30.5 Å². The molecule has 2 aromatic rings. The van der Waals surface area contributed by atoms with Gasteiger partial charge < -0.3 is 10.4 Å². The molecule has 0 spiro atoms. The number of carbonyl (C=O) groups excluding carboxylic acids is 1. The van der Waals surface area contributed by atoms with Crippen molar-refractivity contribution in [3.05, 3.63) is 47.3 Å². The van der Waals surface area contributed by atoms with Gasteiger partial charge in [-0.1, -0.05) is 24.0 Å². The molecule has 0 aliphatic rings. The zero-order valence-electron chi connectivity index (χ0n) is 10.1. The van der Waals surface area contributed by atoms with E-state index in [1.807, 2.05) is 24.3 Å². The average Bonchev–Trinajstić information content (AvgIpc) is 2.98. The monoisotopic (exact) mass is 256 g/mol. The van der Waals surface area contributed by atoms with Crippen molar-refractivity contribution < 1.29 is 9.90 Å². The Morgan fingerprint density at radius 3 is 2.79 bits per heavy atom. The number of rotatable bonds is 3. The van der Waals surface area contributed by atoms with E-state index in [4.69, 9.17) is 5.11 Å². The molecular weight excluding hydrogens is 244 g/mol. The Bertz CT molecular complexity index is 594. The molecule has 0 unspecified atom stereocenters. The number of aromatic amines is 1. The van der Waals surface area contributed by atoms with E-state index < -0.39 is 0 Å². The summed E-state index contributed by atoms with van der Waals surface area (Å²) in [5.74, 6) is 5.09. The van der Waals surface area contributed by atoms with Crippen molar-refractivity contribution in [2.24, 2.45) is 0 Å². The molecule has 1 aromatic heterocycles. The number of amides is 1. The van der Waals surface area contributed by atoms with Crippen molar-refractivity contribution in [1.29, 1.82) is 0 Å². The van der Waals surface area contributed by atoms with Crippen LogP contribution in [-0.4, -0.2) is 33.0 Å². The zero-order valence-corrected chi connectivity index (χ0v) is 10.1. The van der Waals surface area contributed by atoms with Crippen LogP contribution in [0.25, 0.3) is 0 Å². The Balaban J connectivity index is 1.91. The van der Waals surface area contributed by atoms with Gasteiger partial charge in [0.15, 0.2) is 5.69 Å². The van der Waals surface area contributed by atoms with E-state index in [9.17, 15) is 4.79 Å². The molecule has 0 saturated carbocycles. The molecule has 0 saturated heterocycles. The zero-order chi connectivity index (χ0) is 13.5. The van der Waals surface area contributed by atoms with Crippen LogP contribution in [0.4, 0.5) is 0 Å². The normalized spacial score (nSPS) is 9.53. The van der Waals surface area contributed by atoms with Gasteiger partial charge in [0.05, 0.1) is 6.20 Å². The number of nitrogens with zero attached hydrogens (tertiary/aromatic N) is 2. The first kappa shape index (κ1) is 12.8. The highest BCUT2D eigenvalue weighted by atomic mass is 16.2. The standard InChI is InChI=1S/C13H12N4O2/c18-7-1-2-10-3-5-11(6-4-10)8-14-13(19)12-9-15-17-16-12/h3-6,9,18H,7-8H2,(H,14,19)(H,15,16,17). The molecule has 2 rings (SSSR count). The summed E-state index contributed by atoms with van der Waals surface area (Å²) < 4.78 is 0. The van der Waals surface area contributed by atoms with Crippen LogP contribution in [0.1, 0.15) is 21.6 Å². The third-order valence-corrected chi connectivity index (χ3v) is 2.37. The number of hydrogen-bond acceptors (Lipinski definition) is 4. The van der Waals surface area contributed by atoms with E-state index in [1.54, 1.807) is 0 Å². The lowest BCUT2D eigenvalue weighted by atomic mass is 10.1. The minimum atomic E-state index is -0.280. The Kier molecular flexibility index (Phi) is 4.26. The molecule has 0 aliphatic heterocycles. The van der Waals surface area contributed by atoms with Gasteiger partial charge in [-0.25, -0.2) is 0 Å². The fourth-order valence-electron chi connectivity index (χ4n) is 1.43. The van der Waals surface area contributed by atoms with E-state index >= 15 is 0 Å². The highest BCUT2D eigenvalue weighted by molar-refractivity contribution is 5.91. The van der Waals surface area contributed by atoms with Gasteiger partial charge in [0, 0.05) is 12.1 Å². The first-order valence-corrected chi connectivity index (χ1v) is 5.62. The van der Waals surface area contributed by atoms with E-state index in [2.05, 4.69) is 32.6 Å². The van der Waals surface area contributed by atoms with Crippen molar-refractivity contribution in [3.8, 4) is 11.8 Å². The third-order valence-electron chi connectivity index (χ3n) is 2.37.